The minimum atomic E-state index is -1.04. The molecule has 2 aliphatic rings. The molecule has 2 aromatic heterocycles. The molecule has 2 aliphatic heterocycles. The number of aromatic nitrogens is 2. The Morgan fingerprint density at radius 1 is 1.38 bits per heavy atom. The number of carbonyl (C=O) groups is 1. The molecule has 4 rings (SSSR count). The Kier molecular flexibility index (Phi) is 2.83. The predicted octanol–water partition coefficient (Wildman–Crippen LogP) is 1.27. The zero-order valence-electron chi connectivity index (χ0n) is 10.9. The molecule has 0 aliphatic carbocycles. The summed E-state index contributed by atoms with van der Waals surface area (Å²) in [6.45, 7) is 0.475. The fourth-order valence-corrected chi connectivity index (χ4v) is 3.35. The van der Waals surface area contributed by atoms with Crippen LogP contribution in [-0.4, -0.2) is 39.6 Å². The maximum Gasteiger partial charge on any atom is 0.297 e. The lowest BCUT2D eigenvalue weighted by molar-refractivity contribution is -0.118. The number of thioether (sulfide) groups is 1. The summed E-state index contributed by atoms with van der Waals surface area (Å²) in [4.78, 5) is 22.7. The van der Waals surface area contributed by atoms with E-state index >= 15 is 0 Å². The van der Waals surface area contributed by atoms with Gasteiger partial charge in [0.15, 0.2) is 17.6 Å². The molecule has 1 atom stereocenters. The van der Waals surface area contributed by atoms with Crippen molar-refractivity contribution in [1.29, 1.82) is 0 Å². The molecule has 0 spiro atoms. The van der Waals surface area contributed by atoms with Gasteiger partial charge >= 0.3 is 0 Å². The number of aliphatic hydroxyl groups is 1. The van der Waals surface area contributed by atoms with Crippen molar-refractivity contribution >= 4 is 34.5 Å². The summed E-state index contributed by atoms with van der Waals surface area (Å²) in [5, 5.41) is 11.2. The monoisotopic (exact) mass is 301 g/mol. The van der Waals surface area contributed by atoms with Crippen LogP contribution in [0.2, 0.25) is 0 Å². The molecular formula is C14H11N3O3S. The van der Waals surface area contributed by atoms with Crippen LogP contribution in [-0.2, 0) is 9.53 Å². The van der Waals surface area contributed by atoms with Gasteiger partial charge in [-0.2, -0.15) is 0 Å². The Hall–Kier alpha value is -2.12. The van der Waals surface area contributed by atoms with Gasteiger partial charge in [0.25, 0.3) is 5.91 Å². The van der Waals surface area contributed by atoms with E-state index in [2.05, 4.69) is 9.97 Å². The lowest BCUT2D eigenvalue weighted by atomic mass is 10.3. The second-order valence-electron chi connectivity index (χ2n) is 4.66. The molecule has 1 amide bonds. The zero-order valence-corrected chi connectivity index (χ0v) is 11.7. The fraction of sp³-hybridized carbons (Fsp3) is 0.214. The van der Waals surface area contributed by atoms with Crippen LogP contribution in [0.3, 0.4) is 0 Å². The van der Waals surface area contributed by atoms with Gasteiger partial charge in [-0.25, -0.2) is 9.97 Å². The van der Waals surface area contributed by atoms with Crippen LogP contribution in [0.4, 0.5) is 5.82 Å². The average molecular weight is 301 g/mol. The highest BCUT2D eigenvalue weighted by Gasteiger charge is 2.43. The van der Waals surface area contributed by atoms with E-state index in [4.69, 9.17) is 4.74 Å². The molecule has 0 fully saturated rings. The van der Waals surface area contributed by atoms with Crippen molar-refractivity contribution in [2.45, 2.75) is 6.23 Å². The van der Waals surface area contributed by atoms with E-state index in [1.165, 1.54) is 16.7 Å². The molecule has 21 heavy (non-hydrogen) atoms. The SMILES string of the molecule is O=C1C2=C(SCCO2)C(O)N1c1ccc2cccnc2n1. The summed E-state index contributed by atoms with van der Waals surface area (Å²) in [5.74, 6) is 0.982. The number of carbonyl (C=O) groups excluding carboxylic acids is 1. The van der Waals surface area contributed by atoms with E-state index in [0.717, 1.165) is 11.1 Å². The zero-order chi connectivity index (χ0) is 14.4. The van der Waals surface area contributed by atoms with Crippen LogP contribution in [0.5, 0.6) is 0 Å². The molecule has 0 saturated heterocycles. The van der Waals surface area contributed by atoms with E-state index in [1.54, 1.807) is 12.3 Å². The number of hydrogen-bond acceptors (Lipinski definition) is 6. The molecule has 1 N–H and O–H groups in total. The summed E-state index contributed by atoms with van der Waals surface area (Å²) >= 11 is 1.45. The number of pyridine rings is 2. The highest BCUT2D eigenvalue weighted by atomic mass is 32.2. The lowest BCUT2D eigenvalue weighted by Gasteiger charge is -2.20. The second kappa shape index (κ2) is 4.71. The van der Waals surface area contributed by atoms with Crippen LogP contribution in [0, 0.1) is 0 Å². The molecule has 106 valence electrons. The van der Waals surface area contributed by atoms with Crippen molar-refractivity contribution in [3.63, 3.8) is 0 Å². The van der Waals surface area contributed by atoms with Crippen LogP contribution in [0.25, 0.3) is 11.0 Å². The van der Waals surface area contributed by atoms with E-state index < -0.39 is 6.23 Å². The van der Waals surface area contributed by atoms with Gasteiger partial charge in [0.2, 0.25) is 0 Å². The van der Waals surface area contributed by atoms with Gasteiger partial charge in [0.1, 0.15) is 5.82 Å². The quantitative estimate of drug-likeness (QED) is 0.855. The van der Waals surface area contributed by atoms with Crippen molar-refractivity contribution in [1.82, 2.24) is 9.97 Å². The number of amides is 1. The molecule has 2 aromatic rings. The normalized spacial score (nSPS) is 21.7. The van der Waals surface area contributed by atoms with E-state index in [0.29, 0.717) is 23.0 Å². The minimum Gasteiger partial charge on any atom is -0.486 e. The van der Waals surface area contributed by atoms with Crippen LogP contribution >= 0.6 is 11.8 Å². The first-order valence-corrected chi connectivity index (χ1v) is 7.47. The van der Waals surface area contributed by atoms with Gasteiger partial charge in [-0.1, -0.05) is 0 Å². The lowest BCUT2D eigenvalue weighted by Crippen LogP contribution is -2.35. The van der Waals surface area contributed by atoms with Crippen molar-refractivity contribution in [3.05, 3.63) is 41.1 Å². The third-order valence-corrected chi connectivity index (χ3v) is 4.48. The van der Waals surface area contributed by atoms with Gasteiger partial charge in [-0.15, -0.1) is 11.8 Å². The summed E-state index contributed by atoms with van der Waals surface area (Å²) < 4.78 is 5.39. The Morgan fingerprint density at radius 2 is 2.29 bits per heavy atom. The molecule has 1 unspecified atom stereocenters. The molecule has 0 saturated carbocycles. The number of hydrogen-bond donors (Lipinski definition) is 1. The molecule has 0 radical (unpaired) electrons. The number of ether oxygens (including phenoxy) is 1. The largest absolute Gasteiger partial charge is 0.486 e. The van der Waals surface area contributed by atoms with Crippen LogP contribution < -0.4 is 4.90 Å². The van der Waals surface area contributed by atoms with Gasteiger partial charge in [0.05, 0.1) is 11.5 Å². The Labute approximate surface area is 124 Å². The Balaban J connectivity index is 1.77. The van der Waals surface area contributed by atoms with E-state index in [9.17, 15) is 9.90 Å². The third-order valence-electron chi connectivity index (χ3n) is 3.40. The Morgan fingerprint density at radius 3 is 3.14 bits per heavy atom. The molecule has 7 heteroatoms. The van der Waals surface area contributed by atoms with Gasteiger partial charge in [-0.3, -0.25) is 9.69 Å². The number of fused-ring (bicyclic) bond motifs is 1. The van der Waals surface area contributed by atoms with Crippen LogP contribution in [0.15, 0.2) is 41.1 Å². The van der Waals surface area contributed by atoms with Crippen molar-refractivity contribution in [2.24, 2.45) is 0 Å². The molecule has 0 bridgehead atoms. The summed E-state index contributed by atoms with van der Waals surface area (Å²) in [6, 6.07) is 7.25. The second-order valence-corrected chi connectivity index (χ2v) is 5.80. The maximum absolute atomic E-state index is 12.4. The number of rotatable bonds is 1. The first-order chi connectivity index (χ1) is 10.3. The average Bonchev–Trinajstić information content (AvgIpc) is 2.79. The van der Waals surface area contributed by atoms with E-state index in [1.807, 2.05) is 18.2 Å². The smallest absolute Gasteiger partial charge is 0.297 e. The van der Waals surface area contributed by atoms with Crippen molar-refractivity contribution in [2.75, 3.05) is 17.3 Å². The van der Waals surface area contributed by atoms with Gasteiger partial charge in [0, 0.05) is 17.3 Å². The molecule has 6 nitrogen and oxygen atoms in total. The highest BCUT2D eigenvalue weighted by Crippen LogP contribution is 2.38. The van der Waals surface area contributed by atoms with Gasteiger partial charge < -0.3 is 9.84 Å². The number of anilines is 1. The first kappa shape index (κ1) is 12.6. The molecule has 0 aromatic carbocycles. The third kappa shape index (κ3) is 1.89. The van der Waals surface area contributed by atoms with Gasteiger partial charge in [-0.05, 0) is 24.3 Å². The standard InChI is InChI=1S/C14H11N3O3S/c18-13-10-11(21-7-6-20-10)14(19)17(13)9-4-3-8-2-1-5-15-12(8)16-9/h1-5,14,19H,6-7H2. The maximum atomic E-state index is 12.4. The van der Waals surface area contributed by atoms with Crippen LogP contribution in [0.1, 0.15) is 0 Å². The fourth-order valence-electron chi connectivity index (χ4n) is 2.44. The predicted molar refractivity (Wildman–Crippen MR) is 78.5 cm³/mol. The number of nitrogens with zero attached hydrogens (tertiary/aromatic N) is 3. The molecule has 4 heterocycles. The summed E-state index contributed by atoms with van der Waals surface area (Å²) in [5.41, 5.74) is 0.536. The summed E-state index contributed by atoms with van der Waals surface area (Å²) in [6.07, 6.45) is 0.607. The van der Waals surface area contributed by atoms with E-state index in [-0.39, 0.29) is 11.7 Å². The minimum absolute atomic E-state index is 0.238. The van der Waals surface area contributed by atoms with Crippen molar-refractivity contribution in [3.8, 4) is 0 Å². The van der Waals surface area contributed by atoms with Crippen molar-refractivity contribution < 1.29 is 14.6 Å². The number of aliphatic hydroxyl groups excluding tert-OH is 1. The summed E-state index contributed by atoms with van der Waals surface area (Å²) in [7, 11) is 0. The topological polar surface area (TPSA) is 75.6 Å². The highest BCUT2D eigenvalue weighted by molar-refractivity contribution is 8.03. The Bertz CT molecular complexity index is 777. The first-order valence-electron chi connectivity index (χ1n) is 6.49. The molecular weight excluding hydrogens is 290 g/mol.